The van der Waals surface area contributed by atoms with Gasteiger partial charge >= 0.3 is 0 Å². The summed E-state index contributed by atoms with van der Waals surface area (Å²) in [6.07, 6.45) is 0.845. The first kappa shape index (κ1) is 13.1. The molecule has 1 saturated heterocycles. The smallest absolute Gasteiger partial charge is 0.235 e. The fraction of sp³-hybridized carbons (Fsp3) is 0.455. The minimum absolute atomic E-state index is 0.0734. The van der Waals surface area contributed by atoms with Crippen molar-refractivity contribution < 1.29 is 17.5 Å². The van der Waals surface area contributed by atoms with Gasteiger partial charge in [-0.15, -0.1) is 0 Å². The lowest BCUT2D eigenvalue weighted by Crippen LogP contribution is -2.33. The van der Waals surface area contributed by atoms with Gasteiger partial charge in [0.2, 0.25) is 10.0 Å². The van der Waals surface area contributed by atoms with E-state index < -0.39 is 21.1 Å². The Kier molecular flexibility index (Phi) is 3.72. The number of nitrogen functional groups attached to an aromatic ring is 1. The highest BCUT2D eigenvalue weighted by molar-refractivity contribution is 7.93. The van der Waals surface area contributed by atoms with Crippen molar-refractivity contribution in [2.45, 2.75) is 18.1 Å². The zero-order valence-electron chi connectivity index (χ0n) is 9.73. The molecule has 0 spiro atoms. The maximum atomic E-state index is 13.5. The van der Waals surface area contributed by atoms with Crippen LogP contribution in [0.2, 0.25) is 0 Å². The van der Waals surface area contributed by atoms with E-state index in [9.17, 15) is 12.8 Å². The molecule has 0 saturated carbocycles. The predicted molar refractivity (Wildman–Crippen MR) is 67.2 cm³/mol. The molecule has 1 heterocycles. The molecule has 1 aromatic carbocycles. The second kappa shape index (κ2) is 5.11. The third-order valence-corrected chi connectivity index (χ3v) is 4.71. The number of ether oxygens (including phenoxy) is 1. The summed E-state index contributed by atoms with van der Waals surface area (Å²) in [6, 6.07) is 3.86. The topological polar surface area (TPSA) is 81.4 Å². The highest BCUT2D eigenvalue weighted by Crippen LogP contribution is 2.22. The summed E-state index contributed by atoms with van der Waals surface area (Å²) in [5.41, 5.74) is 5.58. The second-order valence-corrected chi connectivity index (χ2v) is 6.16. The standard InChI is InChI=1S/C11H15FN2O3S/c12-10-7-8(13)1-2-11(10)14-18(15,16)9-3-5-17-6-4-9/h1-2,7,9,14H,3-6,13H2. The van der Waals surface area contributed by atoms with Crippen molar-refractivity contribution in [3.63, 3.8) is 0 Å². The molecular formula is C11H15FN2O3S. The number of rotatable bonds is 3. The Balaban J connectivity index is 2.16. The normalized spacial score (nSPS) is 17.6. The molecular weight excluding hydrogens is 259 g/mol. The molecule has 1 fully saturated rings. The number of nitrogens with one attached hydrogen (secondary N) is 1. The van der Waals surface area contributed by atoms with E-state index in [1.165, 1.54) is 12.1 Å². The van der Waals surface area contributed by atoms with Gasteiger partial charge in [-0.1, -0.05) is 0 Å². The number of nitrogens with two attached hydrogens (primary N) is 1. The monoisotopic (exact) mass is 274 g/mol. The Hall–Kier alpha value is -1.34. The zero-order valence-corrected chi connectivity index (χ0v) is 10.5. The lowest BCUT2D eigenvalue weighted by atomic mass is 10.2. The molecule has 3 N–H and O–H groups in total. The number of hydrogen-bond acceptors (Lipinski definition) is 4. The van der Waals surface area contributed by atoms with Gasteiger partial charge in [-0.2, -0.15) is 0 Å². The summed E-state index contributed by atoms with van der Waals surface area (Å²) in [5.74, 6) is -0.675. The Morgan fingerprint density at radius 3 is 2.61 bits per heavy atom. The van der Waals surface area contributed by atoms with E-state index in [-0.39, 0.29) is 11.4 Å². The molecule has 0 amide bonds. The zero-order chi connectivity index (χ0) is 13.2. The summed E-state index contributed by atoms with van der Waals surface area (Å²) in [6.45, 7) is 0.825. The van der Waals surface area contributed by atoms with Crippen LogP contribution in [0.15, 0.2) is 18.2 Å². The van der Waals surface area contributed by atoms with Gasteiger partial charge in [-0.3, -0.25) is 4.72 Å². The van der Waals surface area contributed by atoms with Gasteiger partial charge < -0.3 is 10.5 Å². The Labute approximate surface area is 105 Å². The van der Waals surface area contributed by atoms with E-state index in [2.05, 4.69) is 4.72 Å². The maximum Gasteiger partial charge on any atom is 0.235 e. The van der Waals surface area contributed by atoms with Crippen LogP contribution in [0.1, 0.15) is 12.8 Å². The van der Waals surface area contributed by atoms with E-state index in [0.717, 1.165) is 6.07 Å². The van der Waals surface area contributed by atoms with E-state index in [1.54, 1.807) is 0 Å². The fourth-order valence-corrected chi connectivity index (χ4v) is 3.29. The van der Waals surface area contributed by atoms with Crippen LogP contribution in [0.5, 0.6) is 0 Å². The molecule has 0 bridgehead atoms. The third kappa shape index (κ3) is 2.91. The van der Waals surface area contributed by atoms with Crippen LogP contribution in [-0.4, -0.2) is 26.9 Å². The molecule has 2 rings (SSSR count). The molecule has 1 aliphatic heterocycles. The van der Waals surface area contributed by atoms with Crippen molar-refractivity contribution in [3.05, 3.63) is 24.0 Å². The molecule has 5 nitrogen and oxygen atoms in total. The molecule has 0 unspecified atom stereocenters. The third-order valence-electron chi connectivity index (χ3n) is 2.85. The van der Waals surface area contributed by atoms with Crippen molar-refractivity contribution in [2.24, 2.45) is 0 Å². The summed E-state index contributed by atoms with van der Waals surface area (Å²) in [5, 5.41) is -0.539. The van der Waals surface area contributed by atoms with Crippen LogP contribution in [0.3, 0.4) is 0 Å². The average molecular weight is 274 g/mol. The second-order valence-electron chi connectivity index (χ2n) is 4.20. The summed E-state index contributed by atoms with van der Waals surface area (Å²) in [7, 11) is -3.58. The lowest BCUT2D eigenvalue weighted by molar-refractivity contribution is 0.0984. The molecule has 0 aliphatic carbocycles. The van der Waals surface area contributed by atoms with Crippen LogP contribution in [0.25, 0.3) is 0 Å². The maximum absolute atomic E-state index is 13.5. The molecule has 18 heavy (non-hydrogen) atoms. The van der Waals surface area contributed by atoms with Crippen LogP contribution < -0.4 is 10.5 Å². The number of hydrogen-bond donors (Lipinski definition) is 2. The summed E-state index contributed by atoms with van der Waals surface area (Å²) >= 11 is 0. The van der Waals surface area contributed by atoms with E-state index >= 15 is 0 Å². The molecule has 1 aromatic rings. The number of sulfonamides is 1. The van der Waals surface area contributed by atoms with E-state index in [0.29, 0.717) is 26.1 Å². The highest BCUT2D eigenvalue weighted by Gasteiger charge is 2.28. The van der Waals surface area contributed by atoms with Gasteiger partial charge in [0.1, 0.15) is 5.82 Å². The molecule has 0 aromatic heterocycles. The number of anilines is 2. The quantitative estimate of drug-likeness (QED) is 0.815. The Morgan fingerprint density at radius 2 is 2.00 bits per heavy atom. The van der Waals surface area contributed by atoms with Crippen molar-refractivity contribution in [3.8, 4) is 0 Å². The Bertz CT molecular complexity index is 527. The van der Waals surface area contributed by atoms with Crippen LogP contribution in [0.4, 0.5) is 15.8 Å². The molecule has 7 heteroatoms. The molecule has 1 aliphatic rings. The van der Waals surface area contributed by atoms with Crippen molar-refractivity contribution >= 4 is 21.4 Å². The average Bonchev–Trinajstić information content (AvgIpc) is 2.34. The van der Waals surface area contributed by atoms with Crippen molar-refractivity contribution in [1.29, 1.82) is 0 Å². The molecule has 100 valence electrons. The lowest BCUT2D eigenvalue weighted by Gasteiger charge is -2.22. The minimum Gasteiger partial charge on any atom is -0.399 e. The number of halogens is 1. The van der Waals surface area contributed by atoms with E-state index in [4.69, 9.17) is 10.5 Å². The van der Waals surface area contributed by atoms with Crippen molar-refractivity contribution in [1.82, 2.24) is 0 Å². The van der Waals surface area contributed by atoms with Gasteiger partial charge in [-0.05, 0) is 31.0 Å². The number of benzene rings is 1. The first-order valence-corrected chi connectivity index (χ1v) is 7.18. The van der Waals surface area contributed by atoms with Crippen molar-refractivity contribution in [2.75, 3.05) is 23.7 Å². The predicted octanol–water partition coefficient (Wildman–Crippen LogP) is 1.33. The van der Waals surface area contributed by atoms with Gasteiger partial charge in [0.25, 0.3) is 0 Å². The van der Waals surface area contributed by atoms with Gasteiger partial charge in [0.15, 0.2) is 0 Å². The van der Waals surface area contributed by atoms with Gasteiger partial charge in [0.05, 0.1) is 10.9 Å². The summed E-state index contributed by atoms with van der Waals surface area (Å²) in [4.78, 5) is 0. The van der Waals surface area contributed by atoms with Gasteiger partial charge in [0, 0.05) is 18.9 Å². The minimum atomic E-state index is -3.58. The van der Waals surface area contributed by atoms with Crippen LogP contribution >= 0.6 is 0 Å². The largest absolute Gasteiger partial charge is 0.399 e. The molecule has 0 atom stereocenters. The molecule has 0 radical (unpaired) electrons. The first-order valence-electron chi connectivity index (χ1n) is 5.63. The fourth-order valence-electron chi connectivity index (χ4n) is 1.84. The van der Waals surface area contributed by atoms with E-state index in [1.807, 2.05) is 0 Å². The summed E-state index contributed by atoms with van der Waals surface area (Å²) < 4.78 is 44.9. The Morgan fingerprint density at radius 1 is 1.33 bits per heavy atom. The first-order chi connectivity index (χ1) is 8.49. The van der Waals surface area contributed by atoms with Crippen LogP contribution in [-0.2, 0) is 14.8 Å². The van der Waals surface area contributed by atoms with Crippen LogP contribution in [0, 0.1) is 5.82 Å². The SMILES string of the molecule is Nc1ccc(NS(=O)(=O)C2CCOCC2)c(F)c1. The van der Waals surface area contributed by atoms with Gasteiger partial charge in [-0.25, -0.2) is 12.8 Å². The highest BCUT2D eigenvalue weighted by atomic mass is 32.2.